The van der Waals surface area contributed by atoms with Gasteiger partial charge in [0.05, 0.1) is 0 Å². The molecule has 0 unspecified atom stereocenters. The van der Waals surface area contributed by atoms with Gasteiger partial charge in [-0.25, -0.2) is 4.98 Å². The van der Waals surface area contributed by atoms with Gasteiger partial charge < -0.3 is 10.3 Å². The van der Waals surface area contributed by atoms with Crippen LogP contribution in [-0.2, 0) is 13.0 Å². The summed E-state index contributed by atoms with van der Waals surface area (Å²) in [5.41, 5.74) is 8.01. The van der Waals surface area contributed by atoms with Gasteiger partial charge in [0, 0.05) is 37.3 Å². The Labute approximate surface area is 88.8 Å². The summed E-state index contributed by atoms with van der Waals surface area (Å²) in [6.45, 7) is 2.89. The van der Waals surface area contributed by atoms with Crippen molar-refractivity contribution in [2.45, 2.75) is 19.9 Å². The monoisotopic (exact) mass is 202 g/mol. The van der Waals surface area contributed by atoms with Gasteiger partial charge >= 0.3 is 0 Å². The van der Waals surface area contributed by atoms with Gasteiger partial charge in [-0.1, -0.05) is 6.07 Å². The standard InChI is InChI=1S/C11H14N4/c1-9-3-2-5-13-10(9)4-7-15-8-6-14-11(15)12/h2-3,5-6,8H,4,7H2,1H3,(H2,12,14). The van der Waals surface area contributed by atoms with Crippen LogP contribution in [-0.4, -0.2) is 14.5 Å². The van der Waals surface area contributed by atoms with Crippen molar-refractivity contribution in [3.63, 3.8) is 0 Å². The Morgan fingerprint density at radius 3 is 2.87 bits per heavy atom. The molecule has 78 valence electrons. The molecule has 0 bridgehead atoms. The lowest BCUT2D eigenvalue weighted by atomic mass is 10.2. The van der Waals surface area contributed by atoms with Crippen molar-refractivity contribution in [1.82, 2.24) is 14.5 Å². The van der Waals surface area contributed by atoms with Gasteiger partial charge in [0.25, 0.3) is 0 Å². The van der Waals surface area contributed by atoms with Gasteiger partial charge in [-0.3, -0.25) is 4.98 Å². The largest absolute Gasteiger partial charge is 0.369 e. The van der Waals surface area contributed by atoms with E-state index in [1.165, 1.54) is 5.56 Å². The molecule has 0 spiro atoms. The van der Waals surface area contributed by atoms with E-state index >= 15 is 0 Å². The molecule has 0 amide bonds. The number of hydrogen-bond acceptors (Lipinski definition) is 3. The highest BCUT2D eigenvalue weighted by atomic mass is 15.1. The third kappa shape index (κ3) is 2.15. The number of rotatable bonds is 3. The Kier molecular flexibility index (Phi) is 2.67. The topological polar surface area (TPSA) is 56.7 Å². The number of aromatic nitrogens is 3. The zero-order valence-corrected chi connectivity index (χ0v) is 8.72. The van der Waals surface area contributed by atoms with E-state index in [-0.39, 0.29) is 0 Å². The normalized spacial score (nSPS) is 10.5. The summed E-state index contributed by atoms with van der Waals surface area (Å²) in [5, 5.41) is 0. The maximum Gasteiger partial charge on any atom is 0.200 e. The Morgan fingerprint density at radius 2 is 2.20 bits per heavy atom. The molecular formula is C11H14N4. The van der Waals surface area contributed by atoms with Crippen LogP contribution in [0, 0.1) is 6.92 Å². The van der Waals surface area contributed by atoms with Crippen molar-refractivity contribution in [3.05, 3.63) is 42.0 Å². The molecule has 0 atom stereocenters. The minimum absolute atomic E-state index is 0.559. The van der Waals surface area contributed by atoms with Crippen LogP contribution in [0.5, 0.6) is 0 Å². The zero-order chi connectivity index (χ0) is 10.7. The van der Waals surface area contributed by atoms with Crippen LogP contribution in [0.3, 0.4) is 0 Å². The summed E-state index contributed by atoms with van der Waals surface area (Å²) in [6.07, 6.45) is 6.29. The first-order valence-electron chi connectivity index (χ1n) is 4.94. The fraction of sp³-hybridized carbons (Fsp3) is 0.273. The molecule has 0 radical (unpaired) electrons. The first-order valence-corrected chi connectivity index (χ1v) is 4.94. The second-order valence-electron chi connectivity index (χ2n) is 3.50. The Morgan fingerprint density at radius 1 is 1.33 bits per heavy atom. The third-order valence-corrected chi connectivity index (χ3v) is 2.46. The summed E-state index contributed by atoms with van der Waals surface area (Å²) in [4.78, 5) is 8.30. The highest BCUT2D eigenvalue weighted by molar-refractivity contribution is 5.19. The first kappa shape index (κ1) is 9.71. The van der Waals surface area contributed by atoms with Crippen LogP contribution < -0.4 is 5.73 Å². The summed E-state index contributed by atoms with van der Waals surface area (Å²) in [5.74, 6) is 0.559. The molecule has 2 N–H and O–H groups in total. The summed E-state index contributed by atoms with van der Waals surface area (Å²) in [6, 6.07) is 4.02. The van der Waals surface area contributed by atoms with E-state index in [1.807, 2.05) is 23.0 Å². The number of pyridine rings is 1. The van der Waals surface area contributed by atoms with Crippen molar-refractivity contribution < 1.29 is 0 Å². The molecule has 0 aliphatic rings. The third-order valence-electron chi connectivity index (χ3n) is 2.46. The number of nitrogen functional groups attached to an aromatic ring is 1. The van der Waals surface area contributed by atoms with Gasteiger partial charge in [0.2, 0.25) is 0 Å². The smallest absolute Gasteiger partial charge is 0.200 e. The number of aryl methyl sites for hydroxylation is 3. The van der Waals surface area contributed by atoms with Crippen molar-refractivity contribution in [1.29, 1.82) is 0 Å². The molecule has 4 nitrogen and oxygen atoms in total. The molecule has 0 aliphatic carbocycles. The van der Waals surface area contributed by atoms with Gasteiger partial charge in [-0.15, -0.1) is 0 Å². The van der Waals surface area contributed by atoms with E-state index in [9.17, 15) is 0 Å². The number of nitrogens with two attached hydrogens (primary N) is 1. The van der Waals surface area contributed by atoms with E-state index in [4.69, 9.17) is 5.73 Å². The average Bonchev–Trinajstić information content (AvgIpc) is 2.63. The first-order chi connectivity index (χ1) is 7.27. The molecule has 0 saturated carbocycles. The van der Waals surface area contributed by atoms with Crippen molar-refractivity contribution in [2.24, 2.45) is 0 Å². The highest BCUT2D eigenvalue weighted by Crippen LogP contribution is 2.07. The molecule has 0 aromatic carbocycles. The van der Waals surface area contributed by atoms with Crippen molar-refractivity contribution >= 4 is 5.95 Å². The van der Waals surface area contributed by atoms with E-state index in [2.05, 4.69) is 23.0 Å². The Balaban J connectivity index is 2.06. The summed E-state index contributed by atoms with van der Waals surface area (Å²) in [7, 11) is 0. The second kappa shape index (κ2) is 4.13. The summed E-state index contributed by atoms with van der Waals surface area (Å²) >= 11 is 0. The maximum absolute atomic E-state index is 5.67. The predicted molar refractivity (Wildman–Crippen MR) is 59.3 cm³/mol. The van der Waals surface area contributed by atoms with E-state index in [0.717, 1.165) is 18.7 Å². The minimum Gasteiger partial charge on any atom is -0.369 e. The van der Waals surface area contributed by atoms with Crippen LogP contribution in [0.2, 0.25) is 0 Å². The SMILES string of the molecule is Cc1cccnc1CCn1ccnc1N. The maximum atomic E-state index is 5.67. The quantitative estimate of drug-likeness (QED) is 0.818. The molecule has 4 heteroatoms. The molecule has 2 rings (SSSR count). The predicted octanol–water partition coefficient (Wildman–Crippen LogP) is 1.41. The highest BCUT2D eigenvalue weighted by Gasteiger charge is 2.01. The van der Waals surface area contributed by atoms with Crippen molar-refractivity contribution in [3.8, 4) is 0 Å². The molecule has 0 aliphatic heterocycles. The van der Waals surface area contributed by atoms with Gasteiger partial charge in [0.15, 0.2) is 5.95 Å². The molecular weight excluding hydrogens is 188 g/mol. The fourth-order valence-corrected chi connectivity index (χ4v) is 1.54. The van der Waals surface area contributed by atoms with Crippen LogP contribution in [0.4, 0.5) is 5.95 Å². The molecule has 0 fully saturated rings. The summed E-state index contributed by atoms with van der Waals surface area (Å²) < 4.78 is 1.92. The van der Waals surface area contributed by atoms with Gasteiger partial charge in [0.1, 0.15) is 0 Å². The van der Waals surface area contributed by atoms with Crippen LogP contribution in [0.1, 0.15) is 11.3 Å². The van der Waals surface area contributed by atoms with E-state index in [0.29, 0.717) is 5.95 Å². The minimum atomic E-state index is 0.559. The Bertz CT molecular complexity index is 447. The molecule has 2 heterocycles. The Hall–Kier alpha value is -1.84. The average molecular weight is 202 g/mol. The number of nitrogens with zero attached hydrogens (tertiary/aromatic N) is 3. The molecule has 15 heavy (non-hydrogen) atoms. The van der Waals surface area contributed by atoms with Crippen LogP contribution >= 0.6 is 0 Å². The molecule has 0 saturated heterocycles. The fourth-order valence-electron chi connectivity index (χ4n) is 1.54. The van der Waals surface area contributed by atoms with E-state index < -0.39 is 0 Å². The molecule has 2 aromatic rings. The number of hydrogen-bond donors (Lipinski definition) is 1. The zero-order valence-electron chi connectivity index (χ0n) is 8.72. The van der Waals surface area contributed by atoms with Gasteiger partial charge in [-0.2, -0.15) is 0 Å². The number of imidazole rings is 1. The number of anilines is 1. The van der Waals surface area contributed by atoms with Gasteiger partial charge in [-0.05, 0) is 18.6 Å². The second-order valence-corrected chi connectivity index (χ2v) is 3.50. The van der Waals surface area contributed by atoms with E-state index in [1.54, 1.807) is 6.20 Å². The lowest BCUT2D eigenvalue weighted by Crippen LogP contribution is -2.06. The lowest BCUT2D eigenvalue weighted by Gasteiger charge is -2.06. The lowest BCUT2D eigenvalue weighted by molar-refractivity contribution is 0.691. The van der Waals surface area contributed by atoms with Crippen LogP contribution in [0.25, 0.3) is 0 Å². The van der Waals surface area contributed by atoms with Crippen LogP contribution in [0.15, 0.2) is 30.7 Å². The van der Waals surface area contributed by atoms with Crippen molar-refractivity contribution in [2.75, 3.05) is 5.73 Å². The molecule has 2 aromatic heterocycles.